The molecule has 0 aromatic heterocycles. The molecule has 0 saturated carbocycles. The Kier molecular flexibility index (Phi) is 6.99. The van der Waals surface area contributed by atoms with Gasteiger partial charge in [0, 0.05) is 19.3 Å². The van der Waals surface area contributed by atoms with E-state index in [4.69, 9.17) is 9.84 Å². The molecule has 130 valence electrons. The first-order valence-electron chi connectivity index (χ1n) is 7.03. The number of ether oxygens (including phenoxy) is 1. The molecule has 1 amide bonds. The molecule has 0 aliphatic rings. The molecular weight excluding hydrogens is 313 g/mol. The van der Waals surface area contributed by atoms with Crippen LogP contribution in [0.5, 0.6) is 0 Å². The van der Waals surface area contributed by atoms with Gasteiger partial charge in [0.25, 0.3) is 0 Å². The average Bonchev–Trinajstić information content (AvgIpc) is 2.45. The quantitative estimate of drug-likeness (QED) is 0.680. The van der Waals surface area contributed by atoms with E-state index in [0.717, 1.165) is 6.07 Å². The highest BCUT2D eigenvalue weighted by molar-refractivity contribution is 5.93. The van der Waals surface area contributed by atoms with Crippen LogP contribution < -0.4 is 10.6 Å². The number of hydrogen-bond acceptors (Lipinski definition) is 4. The number of carbonyl (C=O) groups is 1. The third kappa shape index (κ3) is 6.17. The molecule has 0 aliphatic carbocycles. The zero-order valence-electron chi connectivity index (χ0n) is 13.0. The maximum atomic E-state index is 12.9. The number of para-hydroxylation sites is 1. The van der Waals surface area contributed by atoms with Crippen molar-refractivity contribution < 1.29 is 27.8 Å². The average molecular weight is 334 g/mol. The fourth-order valence-electron chi connectivity index (χ4n) is 2.10. The van der Waals surface area contributed by atoms with Gasteiger partial charge in [-0.2, -0.15) is 13.2 Å². The third-order valence-corrected chi connectivity index (χ3v) is 3.31. The van der Waals surface area contributed by atoms with E-state index in [-0.39, 0.29) is 25.4 Å². The Hall–Kier alpha value is -1.64. The molecule has 1 unspecified atom stereocenters. The second-order valence-electron chi connectivity index (χ2n) is 5.41. The van der Waals surface area contributed by atoms with E-state index in [1.54, 1.807) is 6.92 Å². The van der Waals surface area contributed by atoms with Crippen LogP contribution in [0.15, 0.2) is 24.3 Å². The van der Waals surface area contributed by atoms with Crippen molar-refractivity contribution in [1.29, 1.82) is 0 Å². The molecule has 3 N–H and O–H groups in total. The van der Waals surface area contributed by atoms with Crippen LogP contribution in [0, 0.1) is 0 Å². The lowest BCUT2D eigenvalue weighted by atomic mass is 9.99. The van der Waals surface area contributed by atoms with Crippen LogP contribution in [-0.4, -0.2) is 43.4 Å². The molecule has 0 bridgehead atoms. The van der Waals surface area contributed by atoms with Crippen LogP contribution in [0.25, 0.3) is 0 Å². The second kappa shape index (κ2) is 8.28. The van der Waals surface area contributed by atoms with Gasteiger partial charge in [-0.1, -0.05) is 12.1 Å². The summed E-state index contributed by atoms with van der Waals surface area (Å²) in [7, 11) is 1.48. The van der Waals surface area contributed by atoms with Crippen molar-refractivity contribution in [2.75, 3.05) is 32.2 Å². The summed E-state index contributed by atoms with van der Waals surface area (Å²) in [6, 6.07) is 4.78. The van der Waals surface area contributed by atoms with Crippen molar-refractivity contribution in [1.82, 2.24) is 5.32 Å². The predicted molar refractivity (Wildman–Crippen MR) is 80.1 cm³/mol. The van der Waals surface area contributed by atoms with Crippen LogP contribution in [-0.2, 0) is 15.7 Å². The van der Waals surface area contributed by atoms with Gasteiger partial charge >= 0.3 is 6.18 Å². The van der Waals surface area contributed by atoms with Gasteiger partial charge < -0.3 is 20.5 Å². The first-order chi connectivity index (χ1) is 10.7. The largest absolute Gasteiger partial charge is 0.418 e. The maximum absolute atomic E-state index is 12.9. The van der Waals surface area contributed by atoms with Gasteiger partial charge in [0.15, 0.2) is 0 Å². The zero-order chi connectivity index (χ0) is 17.5. The van der Waals surface area contributed by atoms with E-state index >= 15 is 0 Å². The van der Waals surface area contributed by atoms with E-state index in [1.807, 2.05) is 0 Å². The standard InChI is InChI=1S/C15H21F3N2O3/c1-14(7-8-21,10-23-2)19-9-13(22)20-12-6-4-3-5-11(12)15(16,17)18/h3-6,19,21H,7-10H2,1-2H3,(H,20,22). The Balaban J connectivity index is 2.71. The van der Waals surface area contributed by atoms with E-state index in [0.29, 0.717) is 6.42 Å². The SMILES string of the molecule is COCC(C)(CCO)NCC(=O)Nc1ccccc1C(F)(F)F. The molecule has 0 fully saturated rings. The van der Waals surface area contributed by atoms with Gasteiger partial charge in [-0.3, -0.25) is 4.79 Å². The number of carbonyl (C=O) groups excluding carboxylic acids is 1. The number of rotatable bonds is 8. The molecule has 23 heavy (non-hydrogen) atoms. The van der Waals surface area contributed by atoms with E-state index in [9.17, 15) is 18.0 Å². The summed E-state index contributed by atoms with van der Waals surface area (Å²) in [6.45, 7) is 1.70. The number of anilines is 1. The summed E-state index contributed by atoms with van der Waals surface area (Å²) in [5, 5.41) is 14.2. The van der Waals surface area contributed by atoms with Crippen LogP contribution in [0.4, 0.5) is 18.9 Å². The summed E-state index contributed by atoms with van der Waals surface area (Å²) in [4.78, 5) is 11.9. The second-order valence-corrected chi connectivity index (χ2v) is 5.41. The van der Waals surface area contributed by atoms with Crippen molar-refractivity contribution in [3.05, 3.63) is 29.8 Å². The summed E-state index contributed by atoms with van der Waals surface area (Å²) in [6.07, 6.45) is -4.20. The van der Waals surface area contributed by atoms with Crippen LogP contribution in [0.3, 0.4) is 0 Å². The Morgan fingerprint density at radius 2 is 1.96 bits per heavy atom. The fraction of sp³-hybridized carbons (Fsp3) is 0.533. The smallest absolute Gasteiger partial charge is 0.396 e. The molecule has 1 aromatic carbocycles. The molecule has 0 saturated heterocycles. The minimum absolute atomic E-state index is 0.106. The molecule has 0 spiro atoms. The number of halogens is 3. The summed E-state index contributed by atoms with van der Waals surface area (Å²) in [5.41, 5.74) is -1.84. The molecule has 1 aromatic rings. The maximum Gasteiger partial charge on any atom is 0.418 e. The highest BCUT2D eigenvalue weighted by atomic mass is 19.4. The van der Waals surface area contributed by atoms with Gasteiger partial charge in [-0.15, -0.1) is 0 Å². The first kappa shape index (κ1) is 19.4. The Morgan fingerprint density at radius 1 is 1.30 bits per heavy atom. The van der Waals surface area contributed by atoms with Crippen molar-refractivity contribution in [2.45, 2.75) is 25.1 Å². The minimum atomic E-state index is -4.54. The van der Waals surface area contributed by atoms with Crippen molar-refractivity contribution in [3.63, 3.8) is 0 Å². The number of amides is 1. The van der Waals surface area contributed by atoms with E-state index in [2.05, 4.69) is 10.6 Å². The lowest BCUT2D eigenvalue weighted by Gasteiger charge is -2.29. The molecule has 0 aliphatic heterocycles. The molecule has 1 rings (SSSR count). The predicted octanol–water partition coefficient (Wildman–Crippen LogP) is 2.02. The summed E-state index contributed by atoms with van der Waals surface area (Å²) < 4.78 is 43.6. The van der Waals surface area contributed by atoms with Crippen LogP contribution in [0.1, 0.15) is 18.9 Å². The number of aliphatic hydroxyl groups excluding tert-OH is 1. The Labute approximate surface area is 132 Å². The molecule has 1 atom stereocenters. The normalized spacial score (nSPS) is 14.3. The van der Waals surface area contributed by atoms with E-state index < -0.39 is 23.2 Å². The first-order valence-corrected chi connectivity index (χ1v) is 7.03. The minimum Gasteiger partial charge on any atom is -0.396 e. The van der Waals surface area contributed by atoms with Crippen molar-refractivity contribution in [3.8, 4) is 0 Å². The lowest BCUT2D eigenvalue weighted by molar-refractivity contribution is -0.137. The van der Waals surface area contributed by atoms with Crippen molar-refractivity contribution in [2.24, 2.45) is 0 Å². The Bertz CT molecular complexity index is 515. The number of hydrogen-bond donors (Lipinski definition) is 3. The number of methoxy groups -OCH3 is 1. The number of benzene rings is 1. The van der Waals surface area contributed by atoms with E-state index in [1.165, 1.54) is 25.3 Å². The zero-order valence-corrected chi connectivity index (χ0v) is 13.0. The highest BCUT2D eigenvalue weighted by Crippen LogP contribution is 2.34. The number of aliphatic hydroxyl groups is 1. The third-order valence-electron chi connectivity index (χ3n) is 3.31. The van der Waals surface area contributed by atoms with Gasteiger partial charge in [-0.25, -0.2) is 0 Å². The summed E-state index contributed by atoms with van der Waals surface area (Å²) in [5.74, 6) is -0.609. The number of alkyl halides is 3. The molecule has 8 heteroatoms. The van der Waals surface area contributed by atoms with Gasteiger partial charge in [0.05, 0.1) is 24.4 Å². The Morgan fingerprint density at radius 3 is 2.52 bits per heavy atom. The van der Waals surface area contributed by atoms with Gasteiger partial charge in [0.1, 0.15) is 0 Å². The molecule has 0 radical (unpaired) electrons. The lowest BCUT2D eigenvalue weighted by Crippen LogP contribution is -2.49. The van der Waals surface area contributed by atoms with Gasteiger partial charge in [-0.05, 0) is 25.5 Å². The van der Waals surface area contributed by atoms with Crippen LogP contribution >= 0.6 is 0 Å². The number of nitrogens with one attached hydrogen (secondary N) is 2. The monoisotopic (exact) mass is 334 g/mol. The topological polar surface area (TPSA) is 70.6 Å². The van der Waals surface area contributed by atoms with Crippen LogP contribution in [0.2, 0.25) is 0 Å². The molecule has 5 nitrogen and oxygen atoms in total. The highest BCUT2D eigenvalue weighted by Gasteiger charge is 2.33. The molecular formula is C15H21F3N2O3. The fourth-order valence-corrected chi connectivity index (χ4v) is 2.10. The summed E-state index contributed by atoms with van der Waals surface area (Å²) >= 11 is 0. The van der Waals surface area contributed by atoms with Crippen molar-refractivity contribution >= 4 is 11.6 Å². The van der Waals surface area contributed by atoms with Gasteiger partial charge in [0.2, 0.25) is 5.91 Å². The molecule has 0 heterocycles.